The van der Waals surface area contributed by atoms with E-state index in [2.05, 4.69) is 20.4 Å². The molecule has 0 heterocycles. The zero-order valence-electron chi connectivity index (χ0n) is 11.7. The number of rotatable bonds is 7. The molecule has 2 rings (SSSR count). The molecule has 22 heavy (non-hydrogen) atoms. The van der Waals surface area contributed by atoms with Gasteiger partial charge in [0.2, 0.25) is 0 Å². The molecule has 2 aromatic rings. The molecule has 0 aromatic heterocycles. The Morgan fingerprint density at radius 2 is 0.955 bits per heavy atom. The Balaban J connectivity index is 1.89. The Labute approximate surface area is 146 Å². The molecule has 0 bridgehead atoms. The molecule has 0 N–H and O–H groups in total. The van der Waals surface area contributed by atoms with Crippen molar-refractivity contribution in [2.24, 2.45) is 0 Å². The standard InChI is InChI=1S/C18H14O2Te2/c19-13-17-7-3-1-5-15(17)9-11-21-22-12-10-16-6-2-4-8-18(16)14-20/h1-14H/b11-9-,12-10-. The van der Waals surface area contributed by atoms with E-state index in [1.165, 1.54) is 0 Å². The normalized spacial score (nSPS) is 11.1. The number of hydrogen-bond acceptors (Lipinski definition) is 2. The van der Waals surface area contributed by atoms with Gasteiger partial charge in [-0.1, -0.05) is 0 Å². The molecule has 2 aromatic carbocycles. The van der Waals surface area contributed by atoms with Crippen LogP contribution in [0.5, 0.6) is 0 Å². The van der Waals surface area contributed by atoms with Crippen molar-refractivity contribution in [2.45, 2.75) is 0 Å². The Kier molecular flexibility index (Phi) is 7.64. The molecule has 0 spiro atoms. The molecule has 0 atom stereocenters. The van der Waals surface area contributed by atoms with Crippen LogP contribution >= 0.6 is 0 Å². The van der Waals surface area contributed by atoms with Crippen LogP contribution < -0.4 is 0 Å². The third-order valence-electron chi connectivity index (χ3n) is 2.91. The fourth-order valence-corrected chi connectivity index (χ4v) is 7.91. The molecular weight excluding hydrogens is 503 g/mol. The molecule has 0 saturated heterocycles. The van der Waals surface area contributed by atoms with Crippen molar-refractivity contribution in [1.82, 2.24) is 0 Å². The van der Waals surface area contributed by atoms with E-state index in [1.807, 2.05) is 48.5 Å². The van der Waals surface area contributed by atoms with Crippen LogP contribution in [0.2, 0.25) is 0 Å². The van der Waals surface area contributed by atoms with E-state index in [9.17, 15) is 9.59 Å². The van der Waals surface area contributed by atoms with Crippen LogP contribution in [0.25, 0.3) is 12.2 Å². The predicted molar refractivity (Wildman–Crippen MR) is 93.2 cm³/mol. The Bertz CT molecular complexity index is 644. The Morgan fingerprint density at radius 3 is 1.32 bits per heavy atom. The van der Waals surface area contributed by atoms with Gasteiger partial charge in [-0.25, -0.2) is 0 Å². The second-order valence-corrected chi connectivity index (χ2v) is 14.3. The van der Waals surface area contributed by atoms with Gasteiger partial charge in [-0.2, -0.15) is 0 Å². The van der Waals surface area contributed by atoms with E-state index in [4.69, 9.17) is 0 Å². The molecule has 0 fully saturated rings. The number of hydrogen-bond donors (Lipinski definition) is 0. The van der Waals surface area contributed by atoms with E-state index in [-0.39, 0.29) is 34.1 Å². The topological polar surface area (TPSA) is 34.1 Å². The maximum atomic E-state index is 10.9. The third kappa shape index (κ3) is 5.24. The van der Waals surface area contributed by atoms with Gasteiger partial charge in [0, 0.05) is 0 Å². The molecule has 4 heteroatoms. The molecule has 0 unspecified atom stereocenters. The molecule has 0 amide bonds. The first-order valence-corrected chi connectivity index (χ1v) is 16.6. The molecule has 0 aliphatic heterocycles. The summed E-state index contributed by atoms with van der Waals surface area (Å²) in [7, 11) is 0. The maximum absolute atomic E-state index is 10.9. The van der Waals surface area contributed by atoms with Gasteiger partial charge < -0.3 is 0 Å². The van der Waals surface area contributed by atoms with Crippen LogP contribution in [0.3, 0.4) is 0 Å². The van der Waals surface area contributed by atoms with Gasteiger partial charge in [0.05, 0.1) is 0 Å². The van der Waals surface area contributed by atoms with E-state index < -0.39 is 0 Å². The minimum atomic E-state index is -0.153. The summed E-state index contributed by atoms with van der Waals surface area (Å²) in [5.74, 6) is 0. The molecule has 0 saturated carbocycles. The second kappa shape index (κ2) is 9.77. The van der Waals surface area contributed by atoms with Gasteiger partial charge in [-0.3, -0.25) is 0 Å². The summed E-state index contributed by atoms with van der Waals surface area (Å²) in [6, 6.07) is 15.2. The molecule has 0 aliphatic rings. The van der Waals surface area contributed by atoms with Crippen molar-refractivity contribution in [3.05, 3.63) is 79.0 Å². The number of aldehydes is 2. The minimum absolute atomic E-state index is 0.153. The van der Waals surface area contributed by atoms with Crippen molar-refractivity contribution < 1.29 is 9.59 Å². The van der Waals surface area contributed by atoms with Gasteiger partial charge in [0.1, 0.15) is 0 Å². The predicted octanol–water partition coefficient (Wildman–Crippen LogP) is 3.28. The van der Waals surface area contributed by atoms with E-state index in [0.717, 1.165) is 34.8 Å². The second-order valence-electron chi connectivity index (χ2n) is 4.29. The zero-order chi connectivity index (χ0) is 15.6. The van der Waals surface area contributed by atoms with Crippen molar-refractivity contribution >= 4 is 58.8 Å². The van der Waals surface area contributed by atoms with Crippen LogP contribution in [0, 0.1) is 0 Å². The van der Waals surface area contributed by atoms with Gasteiger partial charge in [0.15, 0.2) is 0 Å². The first kappa shape index (κ1) is 17.2. The summed E-state index contributed by atoms with van der Waals surface area (Å²) >= 11 is -0.305. The zero-order valence-corrected chi connectivity index (χ0v) is 16.4. The van der Waals surface area contributed by atoms with E-state index in [1.54, 1.807) is 0 Å². The van der Waals surface area contributed by atoms with Crippen molar-refractivity contribution in [3.63, 3.8) is 0 Å². The summed E-state index contributed by atoms with van der Waals surface area (Å²) in [6.07, 6.45) is 5.91. The number of benzene rings is 2. The summed E-state index contributed by atoms with van der Waals surface area (Å²) in [5, 5.41) is 0. The molecule has 2 nitrogen and oxygen atoms in total. The van der Waals surface area contributed by atoms with Crippen LogP contribution in [0.15, 0.2) is 56.8 Å². The third-order valence-corrected chi connectivity index (χ3v) is 11.0. The van der Waals surface area contributed by atoms with Crippen molar-refractivity contribution in [1.29, 1.82) is 0 Å². The molecule has 110 valence electrons. The molecular formula is C18H14O2Te2. The van der Waals surface area contributed by atoms with Crippen LogP contribution in [0.4, 0.5) is 0 Å². The molecule has 0 aliphatic carbocycles. The summed E-state index contributed by atoms with van der Waals surface area (Å²) < 4.78 is 4.48. The average molecular weight is 518 g/mol. The number of carbonyl (C=O) groups excluding carboxylic acids is 2. The fourth-order valence-electron chi connectivity index (χ4n) is 1.81. The van der Waals surface area contributed by atoms with Gasteiger partial charge >= 0.3 is 147 Å². The van der Waals surface area contributed by atoms with Crippen molar-refractivity contribution in [2.75, 3.05) is 0 Å². The van der Waals surface area contributed by atoms with Crippen LogP contribution in [-0.4, -0.2) is 46.7 Å². The summed E-state index contributed by atoms with van der Waals surface area (Å²) in [4.78, 5) is 21.8. The van der Waals surface area contributed by atoms with Crippen molar-refractivity contribution in [3.8, 4) is 0 Å². The van der Waals surface area contributed by atoms with E-state index >= 15 is 0 Å². The average Bonchev–Trinajstić information content (AvgIpc) is 2.58. The summed E-state index contributed by atoms with van der Waals surface area (Å²) in [6.45, 7) is 0. The van der Waals surface area contributed by atoms with Crippen LogP contribution in [0.1, 0.15) is 31.8 Å². The summed E-state index contributed by atoms with van der Waals surface area (Å²) in [5.41, 5.74) is 3.46. The SMILES string of the molecule is O=Cc1ccccc1/C=C\[Te][Te]/C=C\c1ccccc1C=O. The quantitative estimate of drug-likeness (QED) is 0.321. The van der Waals surface area contributed by atoms with E-state index in [0.29, 0.717) is 0 Å². The monoisotopic (exact) mass is 522 g/mol. The van der Waals surface area contributed by atoms with Crippen LogP contribution in [-0.2, 0) is 0 Å². The first-order valence-electron chi connectivity index (χ1n) is 6.59. The number of carbonyl (C=O) groups is 2. The van der Waals surface area contributed by atoms with Gasteiger partial charge in [-0.05, 0) is 0 Å². The van der Waals surface area contributed by atoms with Gasteiger partial charge in [0.25, 0.3) is 0 Å². The molecule has 0 radical (unpaired) electrons. The van der Waals surface area contributed by atoms with Gasteiger partial charge in [-0.15, -0.1) is 0 Å². The fraction of sp³-hybridized carbons (Fsp3) is 0. The first-order chi connectivity index (χ1) is 10.8. The Morgan fingerprint density at radius 1 is 0.591 bits per heavy atom. The Hall–Kier alpha value is -1.16.